The molecule has 0 heterocycles. The van der Waals surface area contributed by atoms with Gasteiger partial charge in [-0.05, 0) is 18.2 Å². The van der Waals surface area contributed by atoms with Gasteiger partial charge < -0.3 is 10.0 Å². The first-order valence-corrected chi connectivity index (χ1v) is 5.84. The summed E-state index contributed by atoms with van der Waals surface area (Å²) in [5, 5.41) is 12.0. The number of terminal acetylenes is 1. The second kappa shape index (κ2) is 7.41. The number of hydrogen-bond donors (Lipinski definition) is 2. The number of carboxylic acid groups (broad SMARTS) is 1. The molecule has 1 amide bonds. The van der Waals surface area contributed by atoms with Gasteiger partial charge in [-0.3, -0.25) is 14.9 Å². The van der Waals surface area contributed by atoms with Crippen LogP contribution < -0.4 is 10.2 Å². The zero-order valence-corrected chi connectivity index (χ0v) is 10.9. The summed E-state index contributed by atoms with van der Waals surface area (Å²) >= 11 is 5.83. The first-order valence-electron chi connectivity index (χ1n) is 5.46. The summed E-state index contributed by atoms with van der Waals surface area (Å²) in [5.41, 5.74) is 0.433. The first-order chi connectivity index (χ1) is 9.04. The van der Waals surface area contributed by atoms with Crippen molar-refractivity contribution in [1.29, 1.82) is 0 Å². The van der Waals surface area contributed by atoms with Gasteiger partial charge >= 0.3 is 5.97 Å². The molecule has 0 aliphatic heterocycles. The number of rotatable bonds is 6. The molecule has 19 heavy (non-hydrogen) atoms. The molecule has 0 saturated heterocycles. The fourth-order valence-corrected chi connectivity index (χ4v) is 1.62. The van der Waals surface area contributed by atoms with Gasteiger partial charge in [0.25, 0.3) is 0 Å². The van der Waals surface area contributed by atoms with Gasteiger partial charge in [0.05, 0.1) is 13.1 Å². The molecule has 0 aromatic heterocycles. The monoisotopic (exact) mass is 280 g/mol. The maximum atomic E-state index is 12.0. The molecular weight excluding hydrogens is 268 g/mol. The average Bonchev–Trinajstić information content (AvgIpc) is 2.36. The highest BCUT2D eigenvalue weighted by Gasteiger charge is 2.18. The van der Waals surface area contributed by atoms with E-state index in [9.17, 15) is 9.59 Å². The van der Waals surface area contributed by atoms with E-state index in [1.54, 1.807) is 18.2 Å². The van der Waals surface area contributed by atoms with Crippen molar-refractivity contribution in [3.05, 3.63) is 29.3 Å². The van der Waals surface area contributed by atoms with E-state index in [4.69, 9.17) is 23.1 Å². The summed E-state index contributed by atoms with van der Waals surface area (Å²) in [6, 6.07) is 6.44. The summed E-state index contributed by atoms with van der Waals surface area (Å²) < 4.78 is 0. The Morgan fingerprint density at radius 1 is 1.47 bits per heavy atom. The number of carbonyl (C=O) groups is 2. The Morgan fingerprint density at radius 2 is 2.21 bits per heavy atom. The summed E-state index contributed by atoms with van der Waals surface area (Å²) in [7, 11) is 0. The predicted molar refractivity (Wildman–Crippen MR) is 73.1 cm³/mol. The minimum atomic E-state index is -1.11. The largest absolute Gasteiger partial charge is 0.480 e. The van der Waals surface area contributed by atoms with Gasteiger partial charge in [0.15, 0.2) is 0 Å². The number of nitrogens with zero attached hydrogens (tertiary/aromatic N) is 1. The van der Waals surface area contributed by atoms with Gasteiger partial charge in [0.1, 0.15) is 6.54 Å². The normalized spacial score (nSPS) is 9.68. The molecule has 0 atom stereocenters. The Balaban J connectivity index is 2.85. The third kappa shape index (κ3) is 5.00. The lowest BCUT2D eigenvalue weighted by atomic mass is 10.2. The first kappa shape index (κ1) is 15.0. The van der Waals surface area contributed by atoms with Crippen LogP contribution in [0.15, 0.2) is 24.3 Å². The number of halogens is 1. The van der Waals surface area contributed by atoms with E-state index in [1.807, 2.05) is 0 Å². The van der Waals surface area contributed by atoms with Crippen LogP contribution in [0.3, 0.4) is 0 Å². The van der Waals surface area contributed by atoms with Gasteiger partial charge in [-0.2, -0.15) is 0 Å². The van der Waals surface area contributed by atoms with Crippen molar-refractivity contribution in [2.75, 3.05) is 24.5 Å². The molecule has 0 spiro atoms. The van der Waals surface area contributed by atoms with Crippen LogP contribution in [0.2, 0.25) is 5.02 Å². The number of nitrogens with one attached hydrogen (secondary N) is 1. The van der Waals surface area contributed by atoms with Crippen LogP contribution >= 0.6 is 11.6 Å². The number of carboxylic acids is 1. The molecule has 0 aliphatic carbocycles. The summed E-state index contributed by atoms with van der Waals surface area (Å²) in [6.45, 7) is -0.233. The summed E-state index contributed by atoms with van der Waals surface area (Å²) in [6.07, 6.45) is 5.05. The zero-order chi connectivity index (χ0) is 14.3. The molecule has 0 fully saturated rings. The number of hydrogen-bond acceptors (Lipinski definition) is 3. The Hall–Kier alpha value is -2.03. The Bertz CT molecular complexity index is 511. The summed E-state index contributed by atoms with van der Waals surface area (Å²) in [5.74, 6) is 0.837. The zero-order valence-electron chi connectivity index (χ0n) is 10.1. The molecule has 0 aliphatic rings. The van der Waals surface area contributed by atoms with E-state index in [2.05, 4.69) is 11.2 Å². The molecule has 1 rings (SSSR count). The van der Waals surface area contributed by atoms with Gasteiger partial charge in [-0.1, -0.05) is 23.6 Å². The topological polar surface area (TPSA) is 69.6 Å². The van der Waals surface area contributed by atoms with Gasteiger partial charge in [-0.25, -0.2) is 0 Å². The molecule has 100 valence electrons. The highest BCUT2D eigenvalue weighted by atomic mass is 35.5. The predicted octanol–water partition coefficient (Wildman–Crippen LogP) is 0.980. The maximum Gasteiger partial charge on any atom is 0.323 e. The molecule has 0 radical (unpaired) electrons. The van der Waals surface area contributed by atoms with E-state index in [-0.39, 0.29) is 19.0 Å². The van der Waals surface area contributed by atoms with Crippen molar-refractivity contribution in [3.8, 4) is 12.3 Å². The minimum Gasteiger partial charge on any atom is -0.480 e. The number of benzene rings is 1. The van der Waals surface area contributed by atoms with Crippen LogP contribution in [-0.2, 0) is 9.59 Å². The highest BCUT2D eigenvalue weighted by Crippen LogP contribution is 2.19. The van der Waals surface area contributed by atoms with Crippen LogP contribution in [0.4, 0.5) is 5.69 Å². The lowest BCUT2D eigenvalue weighted by Gasteiger charge is -2.21. The number of amides is 1. The van der Waals surface area contributed by atoms with E-state index < -0.39 is 12.5 Å². The molecular formula is C13H13ClN2O3. The van der Waals surface area contributed by atoms with Crippen molar-refractivity contribution in [2.24, 2.45) is 0 Å². The third-order valence-electron chi connectivity index (χ3n) is 2.22. The van der Waals surface area contributed by atoms with E-state index >= 15 is 0 Å². The van der Waals surface area contributed by atoms with E-state index in [1.165, 1.54) is 6.07 Å². The molecule has 2 N–H and O–H groups in total. The molecule has 0 bridgehead atoms. The summed E-state index contributed by atoms with van der Waals surface area (Å²) in [4.78, 5) is 23.9. The van der Waals surface area contributed by atoms with Crippen LogP contribution in [0.5, 0.6) is 0 Å². The second-order valence-electron chi connectivity index (χ2n) is 3.66. The van der Waals surface area contributed by atoms with Gasteiger partial charge in [0, 0.05) is 10.7 Å². The van der Waals surface area contributed by atoms with Crippen molar-refractivity contribution >= 4 is 29.2 Å². The standard InChI is InChI=1S/C13H13ClN2O3/c1-2-6-15-8-12(17)16(9-13(18)19)11-5-3-4-10(14)7-11/h1,3-5,7,15H,6,8-9H2,(H,18,19). The van der Waals surface area contributed by atoms with Crippen molar-refractivity contribution in [3.63, 3.8) is 0 Å². The highest BCUT2D eigenvalue weighted by molar-refractivity contribution is 6.30. The van der Waals surface area contributed by atoms with Crippen molar-refractivity contribution < 1.29 is 14.7 Å². The molecule has 6 heteroatoms. The molecule has 0 saturated carbocycles. The smallest absolute Gasteiger partial charge is 0.323 e. The van der Waals surface area contributed by atoms with E-state index in [0.29, 0.717) is 10.7 Å². The maximum absolute atomic E-state index is 12.0. The Labute approximate surface area is 116 Å². The molecule has 0 unspecified atom stereocenters. The lowest BCUT2D eigenvalue weighted by Crippen LogP contribution is -2.41. The third-order valence-corrected chi connectivity index (χ3v) is 2.45. The Morgan fingerprint density at radius 3 is 2.79 bits per heavy atom. The molecule has 1 aromatic rings. The van der Waals surface area contributed by atoms with Crippen LogP contribution in [0, 0.1) is 12.3 Å². The molecule has 1 aromatic carbocycles. The van der Waals surface area contributed by atoms with Gasteiger partial charge in [0.2, 0.25) is 5.91 Å². The molecule has 5 nitrogen and oxygen atoms in total. The average molecular weight is 281 g/mol. The Kier molecular flexibility index (Phi) is 5.86. The van der Waals surface area contributed by atoms with Crippen LogP contribution in [0.25, 0.3) is 0 Å². The minimum absolute atomic E-state index is 0.0377. The number of aliphatic carboxylic acids is 1. The van der Waals surface area contributed by atoms with Crippen molar-refractivity contribution in [2.45, 2.75) is 0 Å². The van der Waals surface area contributed by atoms with E-state index in [0.717, 1.165) is 4.90 Å². The van der Waals surface area contributed by atoms with Gasteiger partial charge in [-0.15, -0.1) is 6.42 Å². The number of anilines is 1. The second-order valence-corrected chi connectivity index (χ2v) is 4.10. The SMILES string of the molecule is C#CCNCC(=O)N(CC(=O)O)c1cccc(Cl)c1. The fourth-order valence-electron chi connectivity index (χ4n) is 1.44. The fraction of sp³-hybridized carbons (Fsp3) is 0.231. The number of carbonyl (C=O) groups excluding carboxylic acids is 1. The van der Waals surface area contributed by atoms with Crippen LogP contribution in [-0.4, -0.2) is 36.6 Å². The van der Waals surface area contributed by atoms with Crippen LogP contribution in [0.1, 0.15) is 0 Å². The quantitative estimate of drug-likeness (QED) is 0.602. The lowest BCUT2D eigenvalue weighted by molar-refractivity contribution is -0.136. The van der Waals surface area contributed by atoms with Crippen molar-refractivity contribution in [1.82, 2.24) is 5.32 Å².